The number of guanidine groups is 1. The molecular formula is C20H39N9O2. The third-order valence-corrected chi connectivity index (χ3v) is 4.37. The molecule has 1 atom stereocenters. The first-order valence-electron chi connectivity index (χ1n) is 10.8. The molecule has 1 aromatic heterocycles. The summed E-state index contributed by atoms with van der Waals surface area (Å²) in [7, 11) is 0. The molecule has 0 bridgehead atoms. The lowest BCUT2D eigenvalue weighted by molar-refractivity contribution is 0.243. The van der Waals surface area contributed by atoms with Gasteiger partial charge in [-0.2, -0.15) is 4.98 Å². The Bertz CT molecular complexity index is 752. The van der Waals surface area contributed by atoms with Crippen LogP contribution in [0.25, 0.3) is 0 Å². The molecule has 0 aliphatic heterocycles. The van der Waals surface area contributed by atoms with Crippen LogP contribution in [0.1, 0.15) is 52.9 Å². The van der Waals surface area contributed by atoms with Crippen LogP contribution in [-0.2, 0) is 6.54 Å². The van der Waals surface area contributed by atoms with Gasteiger partial charge in [-0.15, -0.1) is 0 Å². The molecule has 1 rings (SSSR count). The van der Waals surface area contributed by atoms with E-state index in [1.54, 1.807) is 16.8 Å². The maximum Gasteiger partial charge on any atom is 0.349 e. The molecule has 0 radical (unpaired) electrons. The number of rotatable bonds is 13. The average molecular weight is 438 g/mol. The predicted octanol–water partition coefficient (Wildman–Crippen LogP) is 0.304. The van der Waals surface area contributed by atoms with Crippen LogP contribution in [0.15, 0.2) is 22.1 Å². The number of carbonyl (C=O) groups excluding carboxylic acids is 1. The Labute approximate surface area is 184 Å². The van der Waals surface area contributed by atoms with Crippen LogP contribution < -0.4 is 38.8 Å². The first-order valence-corrected chi connectivity index (χ1v) is 10.8. The van der Waals surface area contributed by atoms with Gasteiger partial charge in [0, 0.05) is 30.9 Å². The van der Waals surface area contributed by atoms with E-state index in [9.17, 15) is 9.59 Å². The van der Waals surface area contributed by atoms with E-state index in [4.69, 9.17) is 17.2 Å². The Balaban J connectivity index is 2.54. The molecule has 0 aliphatic carbocycles. The molecule has 0 saturated carbocycles. The van der Waals surface area contributed by atoms with Crippen molar-refractivity contribution in [2.75, 3.05) is 25.0 Å². The molecule has 11 heteroatoms. The number of aliphatic imine (C=N–C) groups is 1. The highest BCUT2D eigenvalue weighted by atomic mass is 16.2. The first-order chi connectivity index (χ1) is 14.6. The van der Waals surface area contributed by atoms with Gasteiger partial charge < -0.3 is 27.8 Å². The van der Waals surface area contributed by atoms with Crippen LogP contribution in [0.4, 0.5) is 10.6 Å². The molecule has 0 saturated heterocycles. The van der Waals surface area contributed by atoms with Crippen molar-refractivity contribution in [1.29, 1.82) is 0 Å². The molecule has 11 nitrogen and oxygen atoms in total. The van der Waals surface area contributed by atoms with Gasteiger partial charge in [-0.25, -0.2) is 9.59 Å². The van der Waals surface area contributed by atoms with Gasteiger partial charge in [-0.05, 0) is 72.0 Å². The minimum atomic E-state index is -0.399. The van der Waals surface area contributed by atoms with Crippen molar-refractivity contribution >= 4 is 17.8 Å². The number of hydrogen-bond donors (Lipinski definition) is 6. The van der Waals surface area contributed by atoms with Gasteiger partial charge >= 0.3 is 11.7 Å². The zero-order valence-corrected chi connectivity index (χ0v) is 19.0. The summed E-state index contributed by atoms with van der Waals surface area (Å²) in [4.78, 5) is 32.2. The lowest BCUT2D eigenvalue weighted by atomic mass is 10.1. The summed E-state index contributed by atoms with van der Waals surface area (Å²) in [5.74, 6) is 0.331. The minimum absolute atomic E-state index is 0.105. The van der Waals surface area contributed by atoms with Crippen LogP contribution in [0.5, 0.6) is 0 Å². The van der Waals surface area contributed by atoms with E-state index in [1.165, 1.54) is 0 Å². The lowest BCUT2D eigenvalue weighted by Crippen LogP contribution is -2.43. The third-order valence-electron chi connectivity index (χ3n) is 4.37. The number of carbonyl (C=O) groups is 1. The molecule has 31 heavy (non-hydrogen) atoms. The quantitative estimate of drug-likeness (QED) is 0.146. The zero-order valence-electron chi connectivity index (χ0n) is 19.0. The van der Waals surface area contributed by atoms with E-state index in [0.717, 1.165) is 38.6 Å². The third kappa shape index (κ3) is 12.6. The summed E-state index contributed by atoms with van der Waals surface area (Å²) in [5, 5.41) is 8.85. The van der Waals surface area contributed by atoms with E-state index < -0.39 is 11.7 Å². The smallest absolute Gasteiger partial charge is 0.349 e. The van der Waals surface area contributed by atoms with Crippen LogP contribution in [-0.4, -0.2) is 52.8 Å². The number of hydrogen-bond acceptors (Lipinski definition) is 6. The maximum atomic E-state index is 12.3. The van der Waals surface area contributed by atoms with Crippen molar-refractivity contribution in [3.63, 3.8) is 0 Å². The number of nitrogens with two attached hydrogens (primary N) is 3. The van der Waals surface area contributed by atoms with Gasteiger partial charge in [0.2, 0.25) is 0 Å². The van der Waals surface area contributed by atoms with E-state index in [2.05, 4.69) is 25.9 Å². The van der Waals surface area contributed by atoms with Crippen molar-refractivity contribution < 1.29 is 4.79 Å². The molecule has 2 amide bonds. The van der Waals surface area contributed by atoms with E-state index >= 15 is 0 Å². The summed E-state index contributed by atoms with van der Waals surface area (Å²) in [6.07, 6.45) is 6.06. The van der Waals surface area contributed by atoms with Crippen LogP contribution >= 0.6 is 0 Å². The summed E-state index contributed by atoms with van der Waals surface area (Å²) in [5.41, 5.74) is 15.5. The van der Waals surface area contributed by atoms with Crippen molar-refractivity contribution in [2.24, 2.45) is 22.2 Å². The van der Waals surface area contributed by atoms with E-state index in [-0.39, 0.29) is 17.3 Å². The highest BCUT2D eigenvalue weighted by molar-refractivity contribution is 5.88. The van der Waals surface area contributed by atoms with E-state index in [0.29, 0.717) is 25.7 Å². The molecule has 1 heterocycles. The molecule has 0 aromatic carbocycles. The largest absolute Gasteiger partial charge is 0.370 e. The Morgan fingerprint density at radius 2 is 1.94 bits per heavy atom. The van der Waals surface area contributed by atoms with Crippen LogP contribution in [0, 0.1) is 0 Å². The fourth-order valence-corrected chi connectivity index (χ4v) is 2.97. The van der Waals surface area contributed by atoms with Crippen molar-refractivity contribution in [2.45, 2.75) is 71.0 Å². The summed E-state index contributed by atoms with van der Waals surface area (Å²) >= 11 is 0. The summed E-state index contributed by atoms with van der Waals surface area (Å²) < 4.78 is 1.54. The Kier molecular flexibility index (Phi) is 11.6. The monoisotopic (exact) mass is 437 g/mol. The number of nitrogens with one attached hydrogen (secondary N) is 3. The molecule has 176 valence electrons. The Morgan fingerprint density at radius 3 is 2.55 bits per heavy atom. The topological polar surface area (TPSA) is 178 Å². The highest BCUT2D eigenvalue weighted by Crippen LogP contribution is 2.08. The molecule has 9 N–H and O–H groups in total. The number of aryl methyl sites for hydroxylation is 1. The maximum absolute atomic E-state index is 12.3. The number of urea groups is 1. The lowest BCUT2D eigenvalue weighted by Gasteiger charge is -2.20. The summed E-state index contributed by atoms with van der Waals surface area (Å²) in [6, 6.07) is 1.52. The summed E-state index contributed by atoms with van der Waals surface area (Å²) in [6.45, 7) is 8.25. The van der Waals surface area contributed by atoms with Gasteiger partial charge in [-0.1, -0.05) is 0 Å². The number of aromatic nitrogens is 2. The van der Waals surface area contributed by atoms with Gasteiger partial charge in [0.05, 0.1) is 0 Å². The highest BCUT2D eigenvalue weighted by Gasteiger charge is 2.14. The number of amides is 2. The van der Waals surface area contributed by atoms with Gasteiger partial charge in [0.15, 0.2) is 5.96 Å². The second-order valence-corrected chi connectivity index (χ2v) is 8.50. The zero-order chi connectivity index (χ0) is 23.3. The SMILES string of the molecule is CC(C)(C)NC(=O)Nc1ccn(CCC[C@H](CCCN=C(N)N)NCCCN)c(=O)n1. The molecule has 0 unspecified atom stereocenters. The fourth-order valence-electron chi connectivity index (χ4n) is 2.97. The fraction of sp³-hybridized carbons (Fsp3) is 0.700. The molecular weight excluding hydrogens is 398 g/mol. The second-order valence-electron chi connectivity index (χ2n) is 8.50. The van der Waals surface area contributed by atoms with Gasteiger partial charge in [0.1, 0.15) is 5.82 Å². The van der Waals surface area contributed by atoms with Crippen molar-refractivity contribution in [3.8, 4) is 0 Å². The predicted molar refractivity (Wildman–Crippen MR) is 125 cm³/mol. The normalized spacial score (nSPS) is 12.3. The van der Waals surface area contributed by atoms with Crippen molar-refractivity contribution in [3.05, 3.63) is 22.7 Å². The van der Waals surface area contributed by atoms with E-state index in [1.807, 2.05) is 20.8 Å². The number of anilines is 1. The van der Waals surface area contributed by atoms with Crippen molar-refractivity contribution in [1.82, 2.24) is 20.2 Å². The number of nitrogens with zero attached hydrogens (tertiary/aromatic N) is 3. The van der Waals surface area contributed by atoms with Crippen LogP contribution in [0.2, 0.25) is 0 Å². The van der Waals surface area contributed by atoms with Crippen LogP contribution in [0.3, 0.4) is 0 Å². The second kappa shape index (κ2) is 13.6. The van der Waals surface area contributed by atoms with Gasteiger partial charge in [-0.3, -0.25) is 14.9 Å². The van der Waals surface area contributed by atoms with Gasteiger partial charge in [0.25, 0.3) is 0 Å². The Morgan fingerprint density at radius 1 is 1.23 bits per heavy atom. The first kappa shape index (κ1) is 26.4. The molecule has 1 aromatic rings. The molecule has 0 spiro atoms. The average Bonchev–Trinajstić information content (AvgIpc) is 2.64. The minimum Gasteiger partial charge on any atom is -0.370 e. The molecule has 0 aliphatic rings. The Hall–Kier alpha value is -2.66. The molecule has 0 fully saturated rings. The standard InChI is InChI=1S/C20H39N9O2/c1-20(2,3)28-18(30)26-16-9-14-29(19(31)27-16)13-5-8-15(24-12-6-10-21)7-4-11-25-17(22)23/h9,14-15,24H,4-8,10-13,21H2,1-3H3,(H4,22,23,25)(H2,26,27,28,30,31)/t15-/m0/s1.